The molecule has 2 aromatic rings. The quantitative estimate of drug-likeness (QED) is 0.332. The maximum absolute atomic E-state index is 13.6. The first kappa shape index (κ1) is 30.5. The minimum Gasteiger partial charge on any atom is -0.496 e. The molecule has 0 spiro atoms. The minimum atomic E-state index is -0.891. The third-order valence-electron chi connectivity index (χ3n) is 8.15. The van der Waals surface area contributed by atoms with Crippen molar-refractivity contribution in [3.8, 4) is 23.0 Å². The molecular formula is C31H43N3O7. The lowest BCUT2D eigenvalue weighted by atomic mass is 9.83. The molecule has 0 radical (unpaired) electrons. The molecule has 1 fully saturated rings. The number of fused-ring (bicyclic) bond motifs is 1. The van der Waals surface area contributed by atoms with Gasteiger partial charge in [0.25, 0.3) is 0 Å². The highest BCUT2D eigenvalue weighted by Gasteiger charge is 2.47. The molecule has 224 valence electrons. The number of benzene rings is 2. The van der Waals surface area contributed by atoms with E-state index in [-0.39, 0.29) is 31.2 Å². The van der Waals surface area contributed by atoms with Crippen molar-refractivity contribution in [1.82, 2.24) is 9.80 Å². The summed E-state index contributed by atoms with van der Waals surface area (Å²) >= 11 is 0. The summed E-state index contributed by atoms with van der Waals surface area (Å²) in [6.07, 6.45) is 3.79. The Hall–Kier alpha value is -3.50. The summed E-state index contributed by atoms with van der Waals surface area (Å²) in [6.45, 7) is 4.52. The van der Waals surface area contributed by atoms with Crippen molar-refractivity contribution >= 4 is 11.9 Å². The number of carboxylic acid groups (broad SMARTS) is 1. The van der Waals surface area contributed by atoms with Gasteiger partial charge < -0.3 is 34.7 Å². The Labute approximate surface area is 242 Å². The highest BCUT2D eigenvalue weighted by molar-refractivity contribution is 5.79. The predicted molar refractivity (Wildman–Crippen MR) is 155 cm³/mol. The average Bonchev–Trinajstić information content (AvgIpc) is 3.60. The first-order valence-electron chi connectivity index (χ1n) is 14.5. The summed E-state index contributed by atoms with van der Waals surface area (Å²) in [5.74, 6) is 0.329. The number of likely N-dealkylation sites (tertiary alicyclic amines) is 1. The van der Waals surface area contributed by atoms with Crippen molar-refractivity contribution in [1.29, 1.82) is 0 Å². The number of rotatable bonds is 15. The molecule has 41 heavy (non-hydrogen) atoms. The third kappa shape index (κ3) is 7.05. The fourth-order valence-electron chi connectivity index (χ4n) is 6.03. The summed E-state index contributed by atoms with van der Waals surface area (Å²) in [5.41, 5.74) is 7.55. The lowest BCUT2D eigenvalue weighted by Crippen LogP contribution is -2.45. The third-order valence-corrected chi connectivity index (χ3v) is 8.15. The minimum absolute atomic E-state index is 0.00208. The van der Waals surface area contributed by atoms with Crippen molar-refractivity contribution in [2.24, 2.45) is 11.7 Å². The van der Waals surface area contributed by atoms with Gasteiger partial charge in [0, 0.05) is 31.6 Å². The molecular weight excluding hydrogens is 526 g/mol. The van der Waals surface area contributed by atoms with Crippen LogP contribution in [0.25, 0.3) is 0 Å². The lowest BCUT2D eigenvalue weighted by molar-refractivity contribution is -0.143. The van der Waals surface area contributed by atoms with Gasteiger partial charge >= 0.3 is 5.97 Å². The van der Waals surface area contributed by atoms with Gasteiger partial charge in [-0.2, -0.15) is 0 Å². The van der Waals surface area contributed by atoms with E-state index in [0.717, 1.165) is 36.1 Å². The number of carboxylic acids is 1. The van der Waals surface area contributed by atoms with Gasteiger partial charge in [0.05, 0.1) is 26.7 Å². The first-order chi connectivity index (χ1) is 19.9. The normalized spacial score (nSPS) is 19.8. The Morgan fingerprint density at radius 1 is 1.10 bits per heavy atom. The molecule has 10 nitrogen and oxygen atoms in total. The summed E-state index contributed by atoms with van der Waals surface area (Å²) in [6, 6.07) is 11.1. The highest BCUT2D eigenvalue weighted by atomic mass is 16.7. The van der Waals surface area contributed by atoms with Gasteiger partial charge in [-0.3, -0.25) is 14.5 Å². The van der Waals surface area contributed by atoms with Crippen molar-refractivity contribution < 1.29 is 33.6 Å². The smallest absolute Gasteiger partial charge is 0.308 e. The van der Waals surface area contributed by atoms with Crippen LogP contribution in [0.1, 0.15) is 49.7 Å². The van der Waals surface area contributed by atoms with Crippen LogP contribution in [0.3, 0.4) is 0 Å². The van der Waals surface area contributed by atoms with E-state index in [4.69, 9.17) is 24.7 Å². The molecule has 2 aromatic carbocycles. The Bertz CT molecular complexity index is 1180. The summed E-state index contributed by atoms with van der Waals surface area (Å²) in [4.78, 5) is 30.5. The highest BCUT2D eigenvalue weighted by Crippen LogP contribution is 2.47. The van der Waals surface area contributed by atoms with Crippen LogP contribution in [0.2, 0.25) is 0 Å². The number of unbranched alkanes of at least 4 members (excludes halogenated alkanes) is 1. The number of hydrogen-bond acceptors (Lipinski definition) is 8. The molecule has 1 unspecified atom stereocenters. The Morgan fingerprint density at radius 3 is 2.56 bits per heavy atom. The van der Waals surface area contributed by atoms with Crippen LogP contribution in [0, 0.1) is 5.92 Å². The van der Waals surface area contributed by atoms with Crippen LogP contribution >= 0.6 is 0 Å². The standard InChI is InChI=1S/C31H43N3O7/c1-4-5-14-33(15-8-13-32)28(35)19-34-18-23(22-16-26(39-3)30-27(17-22)40-20-41-30)29(31(36)37)24(34)12-11-21-9-6-7-10-25(21)38-2/h6-7,9-10,16-17,23-24,29H,4-5,8,11-15,18-20,32H2,1-3H3,(H,36,37)/t23-,24+,29?/m1/s1. The van der Waals surface area contributed by atoms with Gasteiger partial charge in [0.15, 0.2) is 11.5 Å². The molecule has 0 bridgehead atoms. The Balaban J connectivity index is 1.66. The molecule has 2 aliphatic heterocycles. The van der Waals surface area contributed by atoms with Crippen LogP contribution in [-0.2, 0) is 16.0 Å². The van der Waals surface area contributed by atoms with Crippen LogP contribution in [0.4, 0.5) is 0 Å². The van der Waals surface area contributed by atoms with Crippen molar-refractivity contribution in [2.75, 3.05) is 53.7 Å². The van der Waals surface area contributed by atoms with E-state index in [0.29, 0.717) is 56.3 Å². The molecule has 2 heterocycles. The van der Waals surface area contributed by atoms with E-state index in [1.165, 1.54) is 0 Å². The Kier molecular flexibility index (Phi) is 10.7. The van der Waals surface area contributed by atoms with E-state index < -0.39 is 11.9 Å². The molecule has 2 aliphatic rings. The van der Waals surface area contributed by atoms with Gasteiger partial charge in [-0.05, 0) is 61.6 Å². The van der Waals surface area contributed by atoms with Crippen LogP contribution < -0.4 is 24.7 Å². The zero-order valence-electron chi connectivity index (χ0n) is 24.3. The zero-order chi connectivity index (χ0) is 29.4. The number of carbonyl (C=O) groups excluding carboxylic acids is 1. The van der Waals surface area contributed by atoms with E-state index in [9.17, 15) is 14.7 Å². The number of amides is 1. The van der Waals surface area contributed by atoms with E-state index >= 15 is 0 Å². The van der Waals surface area contributed by atoms with Crippen molar-refractivity contribution in [3.05, 3.63) is 47.5 Å². The SMILES string of the molecule is CCCCN(CCCN)C(=O)CN1C[C@H](c2cc(OC)c3c(c2)OCO3)C(C(=O)O)[C@@H]1CCc1ccccc1OC. The second kappa shape index (κ2) is 14.4. The lowest BCUT2D eigenvalue weighted by Gasteiger charge is -2.30. The second-order valence-corrected chi connectivity index (χ2v) is 10.7. The summed E-state index contributed by atoms with van der Waals surface area (Å²) < 4.78 is 22.3. The van der Waals surface area contributed by atoms with Gasteiger partial charge in [-0.1, -0.05) is 31.5 Å². The molecule has 1 amide bonds. The molecule has 10 heteroatoms. The number of methoxy groups -OCH3 is 2. The van der Waals surface area contributed by atoms with Crippen LogP contribution in [0.5, 0.6) is 23.0 Å². The fraction of sp³-hybridized carbons (Fsp3) is 0.548. The number of para-hydroxylation sites is 1. The number of nitrogens with two attached hydrogens (primary N) is 1. The largest absolute Gasteiger partial charge is 0.496 e. The maximum Gasteiger partial charge on any atom is 0.308 e. The zero-order valence-corrected chi connectivity index (χ0v) is 24.3. The number of nitrogens with zero attached hydrogens (tertiary/aromatic N) is 2. The number of hydrogen-bond donors (Lipinski definition) is 2. The number of aliphatic carboxylic acids is 1. The van der Waals surface area contributed by atoms with E-state index in [2.05, 4.69) is 11.8 Å². The van der Waals surface area contributed by atoms with Gasteiger partial charge in [0.1, 0.15) is 5.75 Å². The van der Waals surface area contributed by atoms with Crippen LogP contribution in [0.15, 0.2) is 36.4 Å². The number of aryl methyl sites for hydroxylation is 1. The predicted octanol–water partition coefficient (Wildman–Crippen LogP) is 3.51. The van der Waals surface area contributed by atoms with E-state index in [1.807, 2.05) is 41.3 Å². The molecule has 1 saturated heterocycles. The monoisotopic (exact) mass is 569 g/mol. The molecule has 0 saturated carbocycles. The average molecular weight is 570 g/mol. The maximum atomic E-state index is 13.6. The number of ether oxygens (including phenoxy) is 4. The molecule has 3 N–H and O–H groups in total. The van der Waals surface area contributed by atoms with Gasteiger partial charge in [0.2, 0.25) is 18.4 Å². The first-order valence-corrected chi connectivity index (χ1v) is 14.5. The van der Waals surface area contributed by atoms with Crippen molar-refractivity contribution in [3.63, 3.8) is 0 Å². The molecule has 0 aliphatic carbocycles. The Morgan fingerprint density at radius 2 is 1.85 bits per heavy atom. The summed E-state index contributed by atoms with van der Waals surface area (Å²) in [5, 5.41) is 10.6. The second-order valence-electron chi connectivity index (χ2n) is 10.7. The van der Waals surface area contributed by atoms with Crippen molar-refractivity contribution in [2.45, 2.75) is 51.0 Å². The molecule has 3 atom stereocenters. The van der Waals surface area contributed by atoms with Crippen LogP contribution in [-0.4, -0.2) is 86.6 Å². The van der Waals surface area contributed by atoms with E-state index in [1.54, 1.807) is 14.2 Å². The molecule has 0 aromatic heterocycles. The number of carbonyl (C=O) groups is 2. The summed E-state index contributed by atoms with van der Waals surface area (Å²) in [7, 11) is 3.19. The topological polar surface area (TPSA) is 124 Å². The molecule has 4 rings (SSSR count). The fourth-order valence-corrected chi connectivity index (χ4v) is 6.03. The van der Waals surface area contributed by atoms with Gasteiger partial charge in [-0.25, -0.2) is 0 Å². The van der Waals surface area contributed by atoms with Gasteiger partial charge in [-0.15, -0.1) is 0 Å².